The van der Waals surface area contributed by atoms with Crippen LogP contribution in [-0.4, -0.2) is 23.2 Å². The Morgan fingerprint density at radius 1 is 1.13 bits per heavy atom. The van der Waals surface area contributed by atoms with E-state index in [1.165, 1.54) is 16.9 Å². The number of rotatable bonds is 7. The number of para-hydroxylation sites is 1. The van der Waals surface area contributed by atoms with E-state index in [4.69, 9.17) is 14.0 Å². The first-order valence-electron chi connectivity index (χ1n) is 9.49. The van der Waals surface area contributed by atoms with Crippen molar-refractivity contribution in [3.05, 3.63) is 77.0 Å². The van der Waals surface area contributed by atoms with Gasteiger partial charge in [-0.15, -0.1) is 11.3 Å². The van der Waals surface area contributed by atoms with Crippen LogP contribution in [0.3, 0.4) is 0 Å². The van der Waals surface area contributed by atoms with Crippen LogP contribution in [-0.2, 0) is 17.8 Å². The van der Waals surface area contributed by atoms with Crippen LogP contribution in [0.2, 0.25) is 0 Å². The van der Waals surface area contributed by atoms with Crippen molar-refractivity contribution in [1.29, 1.82) is 0 Å². The molecule has 0 spiro atoms. The third-order valence-electron chi connectivity index (χ3n) is 4.61. The number of nitrogens with zero attached hydrogens (tertiary/aromatic N) is 2. The van der Waals surface area contributed by atoms with Crippen molar-refractivity contribution in [2.24, 2.45) is 0 Å². The summed E-state index contributed by atoms with van der Waals surface area (Å²) in [5.41, 5.74) is 3.94. The maximum atomic E-state index is 12.4. The molecule has 0 aliphatic heterocycles. The van der Waals surface area contributed by atoms with Gasteiger partial charge in [-0.05, 0) is 24.1 Å². The van der Waals surface area contributed by atoms with Gasteiger partial charge in [-0.1, -0.05) is 48.5 Å². The van der Waals surface area contributed by atoms with Gasteiger partial charge in [0.2, 0.25) is 0 Å². The minimum absolute atomic E-state index is 0.0287. The fourth-order valence-corrected chi connectivity index (χ4v) is 3.75. The van der Waals surface area contributed by atoms with Gasteiger partial charge < -0.3 is 14.0 Å². The zero-order valence-electron chi connectivity index (χ0n) is 16.6. The van der Waals surface area contributed by atoms with Crippen LogP contribution in [0.15, 0.2) is 64.5 Å². The Hall–Kier alpha value is -3.45. The van der Waals surface area contributed by atoms with Crippen LogP contribution < -0.4 is 4.74 Å². The van der Waals surface area contributed by atoms with E-state index in [9.17, 15) is 4.79 Å². The highest BCUT2D eigenvalue weighted by atomic mass is 32.1. The summed E-state index contributed by atoms with van der Waals surface area (Å²) in [4.78, 5) is 16.8. The standard InChI is InChI=1S/C23H20N2O4S/c1-3-15-8-10-16(11-9-15)22-24-20(14-30-22)23(26)28-13-17-12-19(25-29-17)18-6-4-5-7-21(18)27-2/h4-12,14H,3,13H2,1-2H3. The maximum absolute atomic E-state index is 12.4. The minimum atomic E-state index is -0.502. The average Bonchev–Trinajstić information content (AvgIpc) is 3.48. The highest BCUT2D eigenvalue weighted by Crippen LogP contribution is 2.29. The monoisotopic (exact) mass is 420 g/mol. The van der Waals surface area contributed by atoms with E-state index in [0.29, 0.717) is 17.2 Å². The van der Waals surface area contributed by atoms with Crippen molar-refractivity contribution in [3.63, 3.8) is 0 Å². The Morgan fingerprint density at radius 2 is 1.93 bits per heavy atom. The summed E-state index contributed by atoms with van der Waals surface area (Å²) in [5.74, 6) is 0.629. The van der Waals surface area contributed by atoms with Gasteiger partial charge in [-0.3, -0.25) is 0 Å². The molecule has 0 atom stereocenters. The van der Waals surface area contributed by atoms with Gasteiger partial charge in [0, 0.05) is 22.6 Å². The predicted molar refractivity (Wildman–Crippen MR) is 115 cm³/mol. The molecule has 0 amide bonds. The summed E-state index contributed by atoms with van der Waals surface area (Å²) in [7, 11) is 1.60. The van der Waals surface area contributed by atoms with Crippen molar-refractivity contribution in [2.45, 2.75) is 20.0 Å². The van der Waals surface area contributed by atoms with E-state index in [2.05, 4.69) is 29.2 Å². The van der Waals surface area contributed by atoms with E-state index in [1.807, 2.05) is 36.4 Å². The number of methoxy groups -OCH3 is 1. The number of aryl methyl sites for hydroxylation is 1. The van der Waals surface area contributed by atoms with Gasteiger partial charge in [-0.2, -0.15) is 0 Å². The molecule has 7 heteroatoms. The van der Waals surface area contributed by atoms with Crippen molar-refractivity contribution in [3.8, 4) is 27.6 Å². The number of thiazole rings is 1. The molecule has 2 aromatic carbocycles. The number of benzene rings is 2. The first-order valence-corrected chi connectivity index (χ1v) is 10.4. The SMILES string of the molecule is CCc1ccc(-c2nc(C(=O)OCc3cc(-c4ccccc4OC)no3)cs2)cc1. The van der Waals surface area contributed by atoms with E-state index in [1.54, 1.807) is 18.6 Å². The van der Waals surface area contributed by atoms with Crippen molar-refractivity contribution in [1.82, 2.24) is 10.1 Å². The lowest BCUT2D eigenvalue weighted by atomic mass is 10.1. The van der Waals surface area contributed by atoms with Crippen LogP contribution in [0.4, 0.5) is 0 Å². The highest BCUT2D eigenvalue weighted by Gasteiger charge is 2.16. The lowest BCUT2D eigenvalue weighted by Crippen LogP contribution is -2.05. The molecule has 0 saturated heterocycles. The van der Waals surface area contributed by atoms with E-state index >= 15 is 0 Å². The Bertz CT molecular complexity index is 1150. The minimum Gasteiger partial charge on any atom is -0.496 e. The second-order valence-electron chi connectivity index (χ2n) is 6.54. The molecular formula is C23H20N2O4S. The van der Waals surface area contributed by atoms with Gasteiger partial charge in [-0.25, -0.2) is 9.78 Å². The summed E-state index contributed by atoms with van der Waals surface area (Å²) < 4.78 is 16.0. The number of aromatic nitrogens is 2. The zero-order chi connectivity index (χ0) is 20.9. The lowest BCUT2D eigenvalue weighted by Gasteiger charge is -2.03. The lowest BCUT2D eigenvalue weighted by molar-refractivity contribution is 0.0431. The predicted octanol–water partition coefficient (Wildman–Crippen LogP) is 5.39. The second-order valence-corrected chi connectivity index (χ2v) is 7.40. The molecule has 0 unspecified atom stereocenters. The van der Waals surface area contributed by atoms with Crippen LogP contribution in [0, 0.1) is 0 Å². The summed E-state index contributed by atoms with van der Waals surface area (Å²) in [6, 6.07) is 17.4. The van der Waals surface area contributed by atoms with E-state index in [0.717, 1.165) is 22.6 Å². The van der Waals surface area contributed by atoms with Crippen LogP contribution in [0.25, 0.3) is 21.8 Å². The Labute approximate surface area is 178 Å². The molecular weight excluding hydrogens is 400 g/mol. The third kappa shape index (κ3) is 4.26. The zero-order valence-corrected chi connectivity index (χ0v) is 17.4. The van der Waals surface area contributed by atoms with Crippen LogP contribution in [0.5, 0.6) is 5.75 Å². The van der Waals surface area contributed by atoms with Gasteiger partial charge in [0.25, 0.3) is 0 Å². The van der Waals surface area contributed by atoms with Gasteiger partial charge >= 0.3 is 5.97 Å². The quantitative estimate of drug-likeness (QED) is 0.373. The smallest absolute Gasteiger partial charge is 0.358 e. The average molecular weight is 420 g/mol. The summed E-state index contributed by atoms with van der Waals surface area (Å²) in [5, 5.41) is 6.52. The topological polar surface area (TPSA) is 74.5 Å². The number of hydrogen-bond donors (Lipinski definition) is 0. The van der Waals surface area contributed by atoms with Gasteiger partial charge in [0.15, 0.2) is 18.1 Å². The molecule has 6 nitrogen and oxygen atoms in total. The molecule has 30 heavy (non-hydrogen) atoms. The number of ether oxygens (including phenoxy) is 2. The Balaban J connectivity index is 1.41. The number of hydrogen-bond acceptors (Lipinski definition) is 7. The first kappa shape index (κ1) is 19.8. The normalized spacial score (nSPS) is 10.7. The fraction of sp³-hybridized carbons (Fsp3) is 0.174. The second kappa shape index (κ2) is 8.92. The van der Waals surface area contributed by atoms with Crippen molar-refractivity contribution in [2.75, 3.05) is 7.11 Å². The van der Waals surface area contributed by atoms with Crippen molar-refractivity contribution < 1.29 is 18.8 Å². The number of esters is 1. The van der Waals surface area contributed by atoms with Crippen LogP contribution in [0.1, 0.15) is 28.7 Å². The van der Waals surface area contributed by atoms with Crippen molar-refractivity contribution >= 4 is 17.3 Å². The fourth-order valence-electron chi connectivity index (χ4n) is 2.96. The summed E-state index contributed by atoms with van der Waals surface area (Å²) in [6.45, 7) is 2.08. The third-order valence-corrected chi connectivity index (χ3v) is 5.50. The highest BCUT2D eigenvalue weighted by molar-refractivity contribution is 7.13. The van der Waals surface area contributed by atoms with E-state index < -0.39 is 5.97 Å². The molecule has 0 aliphatic carbocycles. The molecule has 0 N–H and O–H groups in total. The number of carbonyl (C=O) groups excluding carboxylic acids is 1. The number of carbonyl (C=O) groups is 1. The largest absolute Gasteiger partial charge is 0.496 e. The molecule has 0 radical (unpaired) electrons. The molecule has 152 valence electrons. The van der Waals surface area contributed by atoms with Gasteiger partial charge in [0.05, 0.1) is 7.11 Å². The molecule has 4 rings (SSSR count). The van der Waals surface area contributed by atoms with Gasteiger partial charge in [0.1, 0.15) is 16.5 Å². The molecule has 4 aromatic rings. The molecule has 0 bridgehead atoms. The molecule has 0 aliphatic rings. The molecule has 2 aromatic heterocycles. The Morgan fingerprint density at radius 3 is 2.70 bits per heavy atom. The first-order chi connectivity index (χ1) is 14.7. The molecule has 0 saturated carbocycles. The Kier molecular flexibility index (Phi) is 5.90. The maximum Gasteiger partial charge on any atom is 0.358 e. The summed E-state index contributed by atoms with van der Waals surface area (Å²) in [6.07, 6.45) is 0.982. The van der Waals surface area contributed by atoms with Crippen LogP contribution >= 0.6 is 11.3 Å². The van der Waals surface area contributed by atoms with E-state index in [-0.39, 0.29) is 12.3 Å². The molecule has 0 fully saturated rings. The molecule has 2 heterocycles. The summed E-state index contributed by atoms with van der Waals surface area (Å²) >= 11 is 1.41.